The summed E-state index contributed by atoms with van der Waals surface area (Å²) in [6.45, 7) is 1.64. The van der Waals surface area contributed by atoms with Crippen molar-refractivity contribution in [2.24, 2.45) is 0 Å². The molecule has 0 aromatic heterocycles. The minimum absolute atomic E-state index is 0.0193. The van der Waals surface area contributed by atoms with Gasteiger partial charge in [-0.1, -0.05) is 58.4 Å². The summed E-state index contributed by atoms with van der Waals surface area (Å²) in [6.07, 6.45) is -0.682. The predicted octanol–water partition coefficient (Wildman–Crippen LogP) is 3.74. The Morgan fingerprint density at radius 3 is 2.58 bits per heavy atom. The van der Waals surface area contributed by atoms with Crippen LogP contribution in [0.25, 0.3) is 0 Å². The first kappa shape index (κ1) is 17.1. The van der Waals surface area contributed by atoms with Crippen molar-refractivity contribution in [3.63, 3.8) is 0 Å². The minimum atomic E-state index is -0.574. The van der Waals surface area contributed by atoms with Crippen LogP contribution in [0.5, 0.6) is 0 Å². The van der Waals surface area contributed by atoms with Crippen LogP contribution < -0.4 is 0 Å². The summed E-state index contributed by atoms with van der Waals surface area (Å²) in [6, 6.07) is 17.6. The number of amides is 1. The van der Waals surface area contributed by atoms with Gasteiger partial charge in [-0.2, -0.15) is 0 Å². The van der Waals surface area contributed by atoms with E-state index in [0.29, 0.717) is 19.7 Å². The third-order valence-electron chi connectivity index (χ3n) is 4.18. The van der Waals surface area contributed by atoms with E-state index >= 15 is 0 Å². The molecule has 0 aliphatic carbocycles. The lowest BCUT2D eigenvalue weighted by Crippen LogP contribution is -2.44. The highest BCUT2D eigenvalue weighted by atomic mass is 79.9. The van der Waals surface area contributed by atoms with E-state index in [-0.39, 0.29) is 12.0 Å². The molecule has 0 unspecified atom stereocenters. The molecule has 1 fully saturated rings. The average molecular weight is 390 g/mol. The highest BCUT2D eigenvalue weighted by molar-refractivity contribution is 9.10. The number of halogens is 1. The molecule has 0 N–H and O–H groups in total. The van der Waals surface area contributed by atoms with E-state index in [4.69, 9.17) is 9.47 Å². The Morgan fingerprint density at radius 1 is 1.21 bits per heavy atom. The molecule has 2 aromatic rings. The lowest BCUT2D eigenvalue weighted by molar-refractivity contribution is -0.150. The average Bonchev–Trinajstić information content (AvgIpc) is 2.64. The van der Waals surface area contributed by atoms with E-state index in [0.717, 1.165) is 15.6 Å². The molecule has 4 nitrogen and oxygen atoms in total. The lowest BCUT2D eigenvalue weighted by Gasteiger charge is -2.35. The monoisotopic (exact) mass is 389 g/mol. The first-order valence-corrected chi connectivity index (χ1v) is 8.72. The van der Waals surface area contributed by atoms with Crippen LogP contribution in [0.15, 0.2) is 59.1 Å². The fraction of sp³-hybridized carbons (Fsp3) is 0.316. The molecule has 126 valence electrons. The number of carbonyl (C=O) groups is 1. The second kappa shape index (κ2) is 7.92. The molecule has 1 amide bonds. The Kier molecular flexibility index (Phi) is 5.66. The predicted molar refractivity (Wildman–Crippen MR) is 95.6 cm³/mol. The van der Waals surface area contributed by atoms with Crippen molar-refractivity contribution in [1.82, 2.24) is 4.90 Å². The molecule has 0 saturated carbocycles. The number of hydrogen-bond acceptors (Lipinski definition) is 3. The molecule has 0 radical (unpaired) electrons. The quantitative estimate of drug-likeness (QED) is 0.799. The van der Waals surface area contributed by atoms with Crippen molar-refractivity contribution >= 4 is 21.8 Å². The Balaban J connectivity index is 1.73. The smallest absolute Gasteiger partial charge is 0.256 e. The van der Waals surface area contributed by atoms with E-state index < -0.39 is 6.10 Å². The largest absolute Gasteiger partial charge is 0.370 e. The fourth-order valence-electron chi connectivity index (χ4n) is 2.90. The summed E-state index contributed by atoms with van der Waals surface area (Å²) in [5, 5.41) is 0. The summed E-state index contributed by atoms with van der Waals surface area (Å²) in [5.41, 5.74) is 1.95. The molecule has 1 heterocycles. The Labute approximate surface area is 150 Å². The molecule has 0 spiro atoms. The summed E-state index contributed by atoms with van der Waals surface area (Å²) in [7, 11) is 1.57. The highest BCUT2D eigenvalue weighted by Crippen LogP contribution is 2.27. The third-order valence-corrected chi connectivity index (χ3v) is 4.71. The summed E-state index contributed by atoms with van der Waals surface area (Å²) < 4.78 is 12.3. The van der Waals surface area contributed by atoms with Crippen LogP contribution in [-0.4, -0.2) is 37.6 Å². The molecule has 3 rings (SSSR count). The van der Waals surface area contributed by atoms with Crippen LogP contribution in [0.3, 0.4) is 0 Å². The minimum Gasteiger partial charge on any atom is -0.370 e. The van der Waals surface area contributed by atoms with Crippen LogP contribution in [0.4, 0.5) is 0 Å². The van der Waals surface area contributed by atoms with Crippen LogP contribution >= 0.6 is 15.9 Å². The standard InChI is InChI=1S/C19H20BrNO3/c1-23-18(15-5-3-2-4-6-15)19(22)21-11-12-24-17(13-21)14-7-9-16(20)10-8-14/h2-10,17-18H,11-13H2,1H3/t17-,18-/m1/s1. The van der Waals surface area contributed by atoms with Gasteiger partial charge in [0.15, 0.2) is 6.10 Å². The summed E-state index contributed by atoms with van der Waals surface area (Å²) >= 11 is 3.44. The van der Waals surface area contributed by atoms with Crippen LogP contribution in [0, 0.1) is 0 Å². The molecular formula is C19H20BrNO3. The number of nitrogens with zero attached hydrogens (tertiary/aromatic N) is 1. The molecule has 2 aromatic carbocycles. The van der Waals surface area contributed by atoms with E-state index in [2.05, 4.69) is 15.9 Å². The molecule has 1 aliphatic rings. The van der Waals surface area contributed by atoms with Gasteiger partial charge in [-0.15, -0.1) is 0 Å². The van der Waals surface area contributed by atoms with Crippen molar-refractivity contribution in [3.8, 4) is 0 Å². The molecule has 0 bridgehead atoms. The molecule has 2 atom stereocenters. The van der Waals surface area contributed by atoms with Gasteiger partial charge in [-0.05, 0) is 23.3 Å². The van der Waals surface area contributed by atoms with Gasteiger partial charge in [0.1, 0.15) is 6.10 Å². The Hall–Kier alpha value is -1.69. The first-order chi connectivity index (χ1) is 11.7. The van der Waals surface area contributed by atoms with Crippen LogP contribution in [-0.2, 0) is 14.3 Å². The van der Waals surface area contributed by atoms with Gasteiger partial charge in [0, 0.05) is 18.1 Å². The number of ether oxygens (including phenoxy) is 2. The Bertz CT molecular complexity index is 675. The zero-order chi connectivity index (χ0) is 16.9. The summed E-state index contributed by atoms with van der Waals surface area (Å²) in [5.74, 6) is -0.0193. The van der Waals surface area contributed by atoms with E-state index in [1.807, 2.05) is 59.5 Å². The van der Waals surface area contributed by atoms with Gasteiger partial charge in [0.2, 0.25) is 0 Å². The van der Waals surface area contributed by atoms with Crippen LogP contribution in [0.1, 0.15) is 23.3 Å². The zero-order valence-corrected chi connectivity index (χ0v) is 15.1. The topological polar surface area (TPSA) is 38.8 Å². The second-order valence-electron chi connectivity index (χ2n) is 5.72. The van der Waals surface area contributed by atoms with Gasteiger partial charge in [-0.3, -0.25) is 4.79 Å². The van der Waals surface area contributed by atoms with E-state index in [1.165, 1.54) is 0 Å². The molecule has 24 heavy (non-hydrogen) atoms. The third kappa shape index (κ3) is 3.86. The maximum absolute atomic E-state index is 12.9. The number of carbonyl (C=O) groups excluding carboxylic acids is 1. The normalized spacial score (nSPS) is 19.1. The van der Waals surface area contributed by atoms with Crippen molar-refractivity contribution in [3.05, 3.63) is 70.2 Å². The number of benzene rings is 2. The van der Waals surface area contributed by atoms with Crippen molar-refractivity contribution in [2.75, 3.05) is 26.8 Å². The number of hydrogen-bond donors (Lipinski definition) is 0. The SMILES string of the molecule is CO[C@@H](C(=O)N1CCO[C@@H](c2ccc(Br)cc2)C1)c1ccccc1. The molecule has 5 heteroatoms. The van der Waals surface area contributed by atoms with Gasteiger partial charge in [-0.25, -0.2) is 0 Å². The number of methoxy groups -OCH3 is 1. The van der Waals surface area contributed by atoms with Crippen LogP contribution in [0.2, 0.25) is 0 Å². The van der Waals surface area contributed by atoms with Crippen molar-refractivity contribution in [1.29, 1.82) is 0 Å². The van der Waals surface area contributed by atoms with Crippen molar-refractivity contribution < 1.29 is 14.3 Å². The van der Waals surface area contributed by atoms with E-state index in [9.17, 15) is 4.79 Å². The highest BCUT2D eigenvalue weighted by Gasteiger charge is 2.30. The second-order valence-corrected chi connectivity index (χ2v) is 6.64. The maximum atomic E-state index is 12.9. The van der Waals surface area contributed by atoms with Gasteiger partial charge >= 0.3 is 0 Å². The molecule has 1 aliphatic heterocycles. The first-order valence-electron chi connectivity index (χ1n) is 7.92. The number of rotatable bonds is 4. The summed E-state index contributed by atoms with van der Waals surface area (Å²) in [4.78, 5) is 14.7. The fourth-order valence-corrected chi connectivity index (χ4v) is 3.17. The van der Waals surface area contributed by atoms with E-state index in [1.54, 1.807) is 7.11 Å². The van der Waals surface area contributed by atoms with Gasteiger partial charge in [0.25, 0.3) is 5.91 Å². The van der Waals surface area contributed by atoms with Gasteiger partial charge in [0.05, 0.1) is 13.2 Å². The molecule has 1 saturated heterocycles. The molecular weight excluding hydrogens is 370 g/mol. The maximum Gasteiger partial charge on any atom is 0.256 e. The Morgan fingerprint density at radius 2 is 1.92 bits per heavy atom. The van der Waals surface area contributed by atoms with Gasteiger partial charge < -0.3 is 14.4 Å². The zero-order valence-electron chi connectivity index (χ0n) is 13.5. The van der Waals surface area contributed by atoms with Crippen molar-refractivity contribution in [2.45, 2.75) is 12.2 Å². The number of morpholine rings is 1. The lowest BCUT2D eigenvalue weighted by atomic mass is 10.1.